The monoisotopic (exact) mass is 334 g/mol. The van der Waals surface area contributed by atoms with Crippen molar-refractivity contribution in [3.8, 4) is 11.3 Å². The maximum atomic E-state index is 4.57. The summed E-state index contributed by atoms with van der Waals surface area (Å²) in [5.41, 5.74) is 2.09. The van der Waals surface area contributed by atoms with Crippen LogP contribution in [0.25, 0.3) is 11.3 Å². The molecule has 0 unspecified atom stereocenters. The molecule has 3 fully saturated rings. The number of hydrogen-bond acceptors (Lipinski definition) is 4. The van der Waals surface area contributed by atoms with E-state index in [1.165, 1.54) is 38.8 Å². The maximum Gasteiger partial charge on any atom is 0.151 e. The molecule has 2 bridgehead atoms. The highest BCUT2D eigenvalue weighted by molar-refractivity contribution is 5.59. The smallest absolute Gasteiger partial charge is 0.151 e. The van der Waals surface area contributed by atoms with E-state index in [1.807, 2.05) is 18.2 Å². The summed E-state index contributed by atoms with van der Waals surface area (Å²) in [6.07, 6.45) is 5.61. The molecule has 5 rings (SSSR count). The molecule has 3 atom stereocenters. The largest absolute Gasteiger partial charge is 0.354 e. The van der Waals surface area contributed by atoms with Crippen molar-refractivity contribution in [3.63, 3.8) is 0 Å². The van der Waals surface area contributed by atoms with Crippen LogP contribution in [0.4, 0.5) is 5.82 Å². The Morgan fingerprint density at radius 1 is 0.880 bits per heavy atom. The number of benzene rings is 1. The van der Waals surface area contributed by atoms with Gasteiger partial charge in [-0.15, -0.1) is 10.2 Å². The zero-order valence-corrected chi connectivity index (χ0v) is 14.7. The molecule has 1 aromatic carbocycles. The van der Waals surface area contributed by atoms with E-state index in [4.69, 9.17) is 0 Å². The third kappa shape index (κ3) is 2.93. The van der Waals surface area contributed by atoms with E-state index in [1.54, 1.807) is 0 Å². The molecule has 0 radical (unpaired) electrons. The van der Waals surface area contributed by atoms with E-state index in [-0.39, 0.29) is 0 Å². The molecule has 2 aromatic rings. The summed E-state index contributed by atoms with van der Waals surface area (Å²) in [7, 11) is 0. The van der Waals surface area contributed by atoms with Crippen LogP contribution >= 0.6 is 0 Å². The average molecular weight is 334 g/mol. The minimum atomic E-state index is 0.795. The molecule has 3 saturated heterocycles. The Morgan fingerprint density at radius 2 is 1.80 bits per heavy atom. The van der Waals surface area contributed by atoms with Gasteiger partial charge < -0.3 is 4.90 Å². The number of rotatable bonds is 2. The van der Waals surface area contributed by atoms with Crippen LogP contribution in [0.5, 0.6) is 0 Å². The van der Waals surface area contributed by atoms with Crippen LogP contribution in [0, 0.1) is 11.8 Å². The van der Waals surface area contributed by atoms with Crippen molar-refractivity contribution in [3.05, 3.63) is 42.5 Å². The van der Waals surface area contributed by atoms with E-state index in [0.717, 1.165) is 48.0 Å². The maximum absolute atomic E-state index is 4.57. The van der Waals surface area contributed by atoms with Crippen LogP contribution in [0.3, 0.4) is 0 Å². The van der Waals surface area contributed by atoms with E-state index in [2.05, 4.69) is 44.3 Å². The highest BCUT2D eigenvalue weighted by atomic mass is 15.3. The predicted molar refractivity (Wildman–Crippen MR) is 100 cm³/mol. The van der Waals surface area contributed by atoms with Gasteiger partial charge in [-0.25, -0.2) is 0 Å². The Labute approximate surface area is 149 Å². The lowest BCUT2D eigenvalue weighted by molar-refractivity contribution is 0.0184. The fraction of sp³-hybridized carbons (Fsp3) is 0.524. The second-order valence-corrected chi connectivity index (χ2v) is 7.97. The van der Waals surface area contributed by atoms with Crippen molar-refractivity contribution in [2.24, 2.45) is 11.8 Å². The van der Waals surface area contributed by atoms with Gasteiger partial charge in [-0.05, 0) is 49.8 Å². The molecule has 0 N–H and O–H groups in total. The molecule has 0 saturated carbocycles. The number of nitrogens with zero attached hydrogens (tertiary/aromatic N) is 4. The standard InChI is InChI=1S/C21H26N4/c1-2-6-17(7-3-1)19-9-10-21(23-22-19)25-14-16-12-18(15-25)20-8-4-5-11-24(20)13-16/h1-3,6-7,9-10,16,18,20H,4-5,8,11-15H2/t16-,18-,20+/m1/s1. The van der Waals surface area contributed by atoms with Gasteiger partial charge in [0.1, 0.15) is 0 Å². The Bertz CT molecular complexity index is 714. The van der Waals surface area contributed by atoms with Crippen LogP contribution in [-0.4, -0.2) is 47.3 Å². The molecule has 3 aliphatic heterocycles. The first-order chi connectivity index (χ1) is 12.4. The Hall–Kier alpha value is -1.94. The average Bonchev–Trinajstić information content (AvgIpc) is 2.69. The SMILES string of the molecule is c1ccc(-c2ccc(N3C[C@@H]4C[C@H](C3)[C@@H]3CCCCN3C4)nn2)cc1. The molecule has 4 heteroatoms. The molecule has 1 aromatic heterocycles. The van der Waals surface area contributed by atoms with Crippen molar-refractivity contribution in [2.75, 3.05) is 31.1 Å². The number of hydrogen-bond donors (Lipinski definition) is 0. The predicted octanol–water partition coefficient (Wildman–Crippen LogP) is 3.45. The molecule has 130 valence electrons. The Morgan fingerprint density at radius 3 is 2.64 bits per heavy atom. The van der Waals surface area contributed by atoms with Crippen molar-refractivity contribution >= 4 is 5.82 Å². The van der Waals surface area contributed by atoms with Crippen molar-refractivity contribution in [2.45, 2.75) is 31.7 Å². The van der Waals surface area contributed by atoms with Gasteiger partial charge in [-0.1, -0.05) is 36.8 Å². The Kier molecular flexibility index (Phi) is 3.93. The van der Waals surface area contributed by atoms with Crippen LogP contribution in [0.1, 0.15) is 25.7 Å². The Balaban J connectivity index is 1.34. The lowest BCUT2D eigenvalue weighted by Gasteiger charge is -2.52. The molecule has 0 amide bonds. The third-order valence-corrected chi connectivity index (χ3v) is 6.31. The van der Waals surface area contributed by atoms with Crippen LogP contribution in [0.15, 0.2) is 42.5 Å². The molecule has 0 aliphatic carbocycles. The van der Waals surface area contributed by atoms with Crippen molar-refractivity contribution in [1.29, 1.82) is 0 Å². The first-order valence-electron chi connectivity index (χ1n) is 9.75. The normalized spacial score (nSPS) is 29.3. The molecule has 4 nitrogen and oxygen atoms in total. The first kappa shape index (κ1) is 15.3. The van der Waals surface area contributed by atoms with Crippen LogP contribution in [0.2, 0.25) is 0 Å². The van der Waals surface area contributed by atoms with Gasteiger partial charge in [0.2, 0.25) is 0 Å². The zero-order chi connectivity index (χ0) is 16.6. The summed E-state index contributed by atoms with van der Waals surface area (Å²) in [6, 6.07) is 15.4. The topological polar surface area (TPSA) is 32.3 Å². The summed E-state index contributed by atoms with van der Waals surface area (Å²) < 4.78 is 0. The molecule has 3 aliphatic rings. The minimum absolute atomic E-state index is 0.795. The fourth-order valence-electron chi connectivity index (χ4n) is 5.21. The van der Waals surface area contributed by atoms with Gasteiger partial charge in [0.25, 0.3) is 0 Å². The van der Waals surface area contributed by atoms with Gasteiger partial charge in [0, 0.05) is 31.2 Å². The van der Waals surface area contributed by atoms with Gasteiger partial charge in [0.15, 0.2) is 5.82 Å². The number of aromatic nitrogens is 2. The summed E-state index contributed by atoms with van der Waals surface area (Å²) in [5.74, 6) is 2.66. The van der Waals surface area contributed by atoms with Gasteiger partial charge in [0.05, 0.1) is 5.69 Å². The van der Waals surface area contributed by atoms with E-state index >= 15 is 0 Å². The lowest BCUT2D eigenvalue weighted by Crippen LogP contribution is -2.59. The number of anilines is 1. The van der Waals surface area contributed by atoms with Crippen molar-refractivity contribution < 1.29 is 0 Å². The molecule has 4 heterocycles. The summed E-state index contributed by atoms with van der Waals surface area (Å²) in [4.78, 5) is 5.27. The van der Waals surface area contributed by atoms with Gasteiger partial charge in [-0.3, -0.25) is 4.90 Å². The van der Waals surface area contributed by atoms with Crippen molar-refractivity contribution in [1.82, 2.24) is 15.1 Å². The minimum Gasteiger partial charge on any atom is -0.354 e. The van der Waals surface area contributed by atoms with Gasteiger partial charge in [-0.2, -0.15) is 0 Å². The van der Waals surface area contributed by atoms with Crippen LogP contribution in [-0.2, 0) is 0 Å². The zero-order valence-electron chi connectivity index (χ0n) is 14.7. The highest BCUT2D eigenvalue weighted by Gasteiger charge is 2.41. The second-order valence-electron chi connectivity index (χ2n) is 7.97. The van der Waals surface area contributed by atoms with E-state index in [0.29, 0.717) is 0 Å². The van der Waals surface area contributed by atoms with Crippen LogP contribution < -0.4 is 4.90 Å². The molecule has 25 heavy (non-hydrogen) atoms. The quantitative estimate of drug-likeness (QED) is 0.842. The van der Waals surface area contributed by atoms with E-state index < -0.39 is 0 Å². The van der Waals surface area contributed by atoms with E-state index in [9.17, 15) is 0 Å². The lowest BCUT2D eigenvalue weighted by atomic mass is 9.76. The fourth-order valence-corrected chi connectivity index (χ4v) is 5.21. The summed E-state index contributed by atoms with van der Waals surface area (Å²) in [6.45, 7) is 4.90. The highest BCUT2D eigenvalue weighted by Crippen LogP contribution is 2.38. The molecule has 0 spiro atoms. The number of fused-ring (bicyclic) bond motifs is 4. The third-order valence-electron chi connectivity index (χ3n) is 6.31. The first-order valence-corrected chi connectivity index (χ1v) is 9.75. The molecular weight excluding hydrogens is 308 g/mol. The number of piperidine rings is 3. The summed E-state index contributed by atoms with van der Waals surface area (Å²) >= 11 is 0. The van der Waals surface area contributed by atoms with Gasteiger partial charge >= 0.3 is 0 Å². The molecular formula is C21H26N4. The summed E-state index contributed by atoms with van der Waals surface area (Å²) in [5, 5.41) is 9.07. The second kappa shape index (κ2) is 6.41.